The van der Waals surface area contributed by atoms with E-state index in [0.717, 1.165) is 26.4 Å². The summed E-state index contributed by atoms with van der Waals surface area (Å²) in [6, 6.07) is 5.99. The molecule has 3 N–H and O–H groups in total. The minimum Gasteiger partial charge on any atom is -0.349 e. The summed E-state index contributed by atoms with van der Waals surface area (Å²) in [6.45, 7) is 0.653. The molecular weight excluding hydrogens is 419 g/mol. The Kier molecular flexibility index (Phi) is 5.65. The third-order valence-electron chi connectivity index (χ3n) is 3.70. The highest BCUT2D eigenvalue weighted by atomic mass is 127. The van der Waals surface area contributed by atoms with Gasteiger partial charge in [-0.2, -0.15) is 0 Å². The fraction of sp³-hybridized carbons (Fsp3) is 0.500. The second-order valence-electron chi connectivity index (χ2n) is 4.98. The predicted octanol–water partition coefficient (Wildman–Crippen LogP) is 3.30. The molecule has 0 heterocycles. The second kappa shape index (κ2) is 7.04. The quantitative estimate of drug-likeness (QED) is 0.714. The monoisotopic (exact) mass is 436 g/mol. The molecule has 1 amide bonds. The molecule has 2 atom stereocenters. The van der Waals surface area contributed by atoms with Crippen LogP contribution >= 0.6 is 38.5 Å². The van der Waals surface area contributed by atoms with Crippen LogP contribution in [-0.4, -0.2) is 18.5 Å². The summed E-state index contributed by atoms with van der Waals surface area (Å²) in [5, 5.41) is 3.16. The zero-order valence-electron chi connectivity index (χ0n) is 10.7. The van der Waals surface area contributed by atoms with Crippen molar-refractivity contribution in [3.05, 3.63) is 31.8 Å². The Morgan fingerprint density at radius 2 is 2.16 bits per heavy atom. The lowest BCUT2D eigenvalue weighted by Gasteiger charge is -2.31. The minimum atomic E-state index is 0.0102. The number of carbonyl (C=O) groups excluding carboxylic acids is 1. The maximum atomic E-state index is 12.4. The van der Waals surface area contributed by atoms with E-state index in [0.29, 0.717) is 12.5 Å². The molecule has 1 aromatic rings. The van der Waals surface area contributed by atoms with Crippen molar-refractivity contribution >= 4 is 44.4 Å². The molecule has 1 fully saturated rings. The van der Waals surface area contributed by atoms with Crippen LogP contribution in [0.15, 0.2) is 22.7 Å². The Morgan fingerprint density at radius 1 is 1.42 bits per heavy atom. The van der Waals surface area contributed by atoms with Crippen molar-refractivity contribution in [1.82, 2.24) is 5.32 Å². The van der Waals surface area contributed by atoms with Gasteiger partial charge in [0, 0.05) is 14.1 Å². The largest absolute Gasteiger partial charge is 0.349 e. The second-order valence-corrected chi connectivity index (χ2v) is 7.06. The predicted molar refractivity (Wildman–Crippen MR) is 89.1 cm³/mol. The van der Waals surface area contributed by atoms with Gasteiger partial charge in [-0.05, 0) is 66.1 Å². The van der Waals surface area contributed by atoms with Crippen molar-refractivity contribution in [2.24, 2.45) is 11.7 Å². The van der Waals surface area contributed by atoms with Crippen LogP contribution < -0.4 is 11.1 Å². The minimum absolute atomic E-state index is 0.0102. The zero-order valence-corrected chi connectivity index (χ0v) is 14.4. The van der Waals surface area contributed by atoms with Crippen molar-refractivity contribution in [3.8, 4) is 0 Å². The first-order valence-corrected chi connectivity index (χ1v) is 8.45. The van der Waals surface area contributed by atoms with Crippen LogP contribution in [0.2, 0.25) is 0 Å². The van der Waals surface area contributed by atoms with Gasteiger partial charge in [0.25, 0.3) is 5.91 Å². The van der Waals surface area contributed by atoms with E-state index in [1.807, 2.05) is 18.2 Å². The van der Waals surface area contributed by atoms with E-state index in [4.69, 9.17) is 5.73 Å². The van der Waals surface area contributed by atoms with Crippen LogP contribution in [0.25, 0.3) is 0 Å². The number of hydrogen-bond donors (Lipinski definition) is 2. The molecule has 1 aromatic carbocycles. The lowest BCUT2D eigenvalue weighted by molar-refractivity contribution is 0.0907. The van der Waals surface area contributed by atoms with E-state index in [-0.39, 0.29) is 11.9 Å². The molecular formula is C14H18BrIN2O. The van der Waals surface area contributed by atoms with Gasteiger partial charge >= 0.3 is 0 Å². The summed E-state index contributed by atoms with van der Waals surface area (Å²) in [6.07, 6.45) is 4.56. The Bertz CT molecular complexity index is 467. The first kappa shape index (κ1) is 15.3. The molecule has 5 heteroatoms. The molecule has 0 bridgehead atoms. The number of benzene rings is 1. The van der Waals surface area contributed by atoms with Crippen molar-refractivity contribution in [3.63, 3.8) is 0 Å². The fourth-order valence-corrected chi connectivity index (χ4v) is 3.54. The Labute approximate surface area is 136 Å². The maximum absolute atomic E-state index is 12.4. The van der Waals surface area contributed by atoms with Crippen LogP contribution in [0.5, 0.6) is 0 Å². The topological polar surface area (TPSA) is 55.1 Å². The molecule has 0 aliphatic heterocycles. The first-order valence-electron chi connectivity index (χ1n) is 6.58. The fourth-order valence-electron chi connectivity index (χ4n) is 2.60. The molecule has 3 nitrogen and oxygen atoms in total. The van der Waals surface area contributed by atoms with Gasteiger partial charge in [0.15, 0.2) is 0 Å². The molecule has 0 aromatic heterocycles. The number of rotatable bonds is 3. The summed E-state index contributed by atoms with van der Waals surface area (Å²) < 4.78 is 1.90. The van der Waals surface area contributed by atoms with Crippen molar-refractivity contribution in [2.75, 3.05) is 6.54 Å². The highest BCUT2D eigenvalue weighted by molar-refractivity contribution is 14.1. The van der Waals surface area contributed by atoms with Gasteiger partial charge in [-0.1, -0.05) is 28.8 Å². The van der Waals surface area contributed by atoms with Crippen molar-refractivity contribution in [2.45, 2.75) is 31.7 Å². The maximum Gasteiger partial charge on any atom is 0.252 e. The average molecular weight is 437 g/mol. The number of hydrogen-bond acceptors (Lipinski definition) is 2. The molecule has 2 rings (SSSR count). The number of halogens is 2. The lowest BCUT2D eigenvalue weighted by Crippen LogP contribution is -2.44. The Balaban J connectivity index is 2.09. The van der Waals surface area contributed by atoms with Crippen molar-refractivity contribution in [1.29, 1.82) is 0 Å². The number of nitrogens with one attached hydrogen (secondary N) is 1. The highest BCUT2D eigenvalue weighted by Crippen LogP contribution is 2.25. The summed E-state index contributed by atoms with van der Waals surface area (Å²) in [5.74, 6) is 0.429. The number of nitrogens with two attached hydrogens (primary N) is 1. The number of carbonyl (C=O) groups is 1. The Hall–Kier alpha value is -0.140. The van der Waals surface area contributed by atoms with Gasteiger partial charge in [0.05, 0.1) is 5.56 Å². The Morgan fingerprint density at radius 3 is 2.89 bits per heavy atom. The van der Waals surface area contributed by atoms with Gasteiger partial charge < -0.3 is 11.1 Å². The third-order valence-corrected chi connectivity index (χ3v) is 5.14. The van der Waals surface area contributed by atoms with Crippen molar-refractivity contribution < 1.29 is 4.79 Å². The van der Waals surface area contributed by atoms with Crippen LogP contribution in [0.3, 0.4) is 0 Å². The lowest BCUT2D eigenvalue weighted by atomic mass is 9.84. The van der Waals surface area contributed by atoms with Crippen LogP contribution in [0.4, 0.5) is 0 Å². The van der Waals surface area contributed by atoms with E-state index < -0.39 is 0 Å². The normalized spacial score (nSPS) is 23.1. The van der Waals surface area contributed by atoms with Crippen LogP contribution in [0, 0.1) is 9.49 Å². The number of amides is 1. The first-order chi connectivity index (χ1) is 9.11. The molecule has 0 spiro atoms. The molecule has 1 saturated carbocycles. The summed E-state index contributed by atoms with van der Waals surface area (Å²) >= 11 is 5.61. The molecule has 1 aliphatic carbocycles. The van der Waals surface area contributed by atoms with Crippen LogP contribution in [0.1, 0.15) is 36.0 Å². The molecule has 19 heavy (non-hydrogen) atoms. The van der Waals surface area contributed by atoms with Gasteiger partial charge in [0.1, 0.15) is 0 Å². The highest BCUT2D eigenvalue weighted by Gasteiger charge is 2.26. The standard InChI is InChI=1S/C14H18BrIN2O/c15-10-5-6-12(16)11(7-10)14(19)18-13-4-2-1-3-9(13)8-17/h5-7,9,13H,1-4,8,17H2,(H,18,19). The molecule has 2 unspecified atom stereocenters. The van der Waals surface area contributed by atoms with E-state index in [2.05, 4.69) is 43.8 Å². The molecule has 0 radical (unpaired) electrons. The smallest absolute Gasteiger partial charge is 0.252 e. The molecule has 0 saturated heterocycles. The SMILES string of the molecule is NCC1CCCCC1NC(=O)c1cc(Br)ccc1I. The zero-order chi connectivity index (χ0) is 13.8. The van der Waals surface area contributed by atoms with Gasteiger partial charge in [0.2, 0.25) is 0 Å². The van der Waals surface area contributed by atoms with Gasteiger partial charge in [-0.25, -0.2) is 0 Å². The van der Waals surface area contributed by atoms with E-state index in [9.17, 15) is 4.79 Å². The van der Waals surface area contributed by atoms with Gasteiger partial charge in [-0.3, -0.25) is 4.79 Å². The van der Waals surface area contributed by atoms with Crippen LogP contribution in [-0.2, 0) is 0 Å². The summed E-state index contributed by atoms with van der Waals surface area (Å²) in [5.41, 5.74) is 6.53. The van der Waals surface area contributed by atoms with E-state index in [1.165, 1.54) is 12.8 Å². The summed E-state index contributed by atoms with van der Waals surface area (Å²) in [4.78, 5) is 12.4. The molecule has 104 valence electrons. The molecule has 1 aliphatic rings. The van der Waals surface area contributed by atoms with E-state index in [1.54, 1.807) is 0 Å². The van der Waals surface area contributed by atoms with Gasteiger partial charge in [-0.15, -0.1) is 0 Å². The average Bonchev–Trinajstić information content (AvgIpc) is 2.42. The summed E-state index contributed by atoms with van der Waals surface area (Å²) in [7, 11) is 0. The third kappa shape index (κ3) is 3.92. The van der Waals surface area contributed by atoms with E-state index >= 15 is 0 Å².